The van der Waals surface area contributed by atoms with Gasteiger partial charge in [-0.2, -0.15) is 0 Å². The number of nitrogens with two attached hydrogens (primary N) is 1. The highest BCUT2D eigenvalue weighted by molar-refractivity contribution is 5.48. The van der Waals surface area contributed by atoms with E-state index in [4.69, 9.17) is 5.84 Å². The molecule has 3 N–H and O–H groups in total. The first kappa shape index (κ1) is 12.4. The van der Waals surface area contributed by atoms with Crippen LogP contribution >= 0.6 is 0 Å². The average Bonchev–Trinajstić information content (AvgIpc) is 2.39. The zero-order valence-electron chi connectivity index (χ0n) is 10.7. The Morgan fingerprint density at radius 3 is 2.83 bits per heavy atom. The molecule has 4 heteroatoms. The van der Waals surface area contributed by atoms with Crippen LogP contribution in [0.3, 0.4) is 0 Å². The van der Waals surface area contributed by atoms with Gasteiger partial charge in [0.15, 0.2) is 0 Å². The van der Waals surface area contributed by atoms with Crippen LogP contribution < -0.4 is 16.2 Å². The minimum Gasteiger partial charge on any atom is -0.370 e. The minimum absolute atomic E-state index is 0.685. The Hall–Kier alpha value is -2.07. The fourth-order valence-corrected chi connectivity index (χ4v) is 1.88. The second-order valence-electron chi connectivity index (χ2n) is 4.39. The lowest BCUT2D eigenvalue weighted by Crippen LogP contribution is -2.17. The average molecular weight is 242 g/mol. The Bertz CT molecular complexity index is 525. The van der Waals surface area contributed by atoms with Gasteiger partial charge in [-0.05, 0) is 42.3 Å². The fourth-order valence-electron chi connectivity index (χ4n) is 1.88. The summed E-state index contributed by atoms with van der Waals surface area (Å²) < 4.78 is 0. The Morgan fingerprint density at radius 2 is 2.11 bits per heavy atom. The van der Waals surface area contributed by atoms with Crippen molar-refractivity contribution in [3.8, 4) is 0 Å². The van der Waals surface area contributed by atoms with Crippen LogP contribution in [0.25, 0.3) is 0 Å². The second-order valence-corrected chi connectivity index (χ2v) is 4.39. The van der Waals surface area contributed by atoms with Gasteiger partial charge in [-0.1, -0.05) is 12.1 Å². The molecule has 0 aliphatic carbocycles. The first-order valence-corrected chi connectivity index (χ1v) is 5.88. The molecular weight excluding hydrogens is 224 g/mol. The van der Waals surface area contributed by atoms with Crippen molar-refractivity contribution in [2.75, 3.05) is 17.4 Å². The van der Waals surface area contributed by atoms with Gasteiger partial charge in [-0.25, -0.2) is 10.8 Å². The van der Waals surface area contributed by atoms with Crippen LogP contribution in [0.4, 0.5) is 11.5 Å². The molecule has 0 saturated carbocycles. The lowest BCUT2D eigenvalue weighted by atomic mass is 10.2. The van der Waals surface area contributed by atoms with E-state index in [9.17, 15) is 0 Å². The summed E-state index contributed by atoms with van der Waals surface area (Å²) in [4.78, 5) is 6.29. The number of nitrogen functional groups attached to an aromatic ring is 1. The van der Waals surface area contributed by atoms with Crippen LogP contribution in [0.15, 0.2) is 42.6 Å². The van der Waals surface area contributed by atoms with Gasteiger partial charge in [0.05, 0.1) is 0 Å². The number of nitrogens with zero attached hydrogens (tertiary/aromatic N) is 2. The summed E-state index contributed by atoms with van der Waals surface area (Å²) in [6.45, 7) is 2.92. The quantitative estimate of drug-likeness (QED) is 0.638. The predicted molar refractivity (Wildman–Crippen MR) is 75.3 cm³/mol. The largest absolute Gasteiger partial charge is 0.370 e. The van der Waals surface area contributed by atoms with E-state index in [1.165, 1.54) is 16.8 Å². The van der Waals surface area contributed by atoms with E-state index in [2.05, 4.69) is 53.5 Å². The maximum atomic E-state index is 5.35. The molecule has 0 bridgehead atoms. The highest BCUT2D eigenvalue weighted by Crippen LogP contribution is 2.17. The first-order valence-electron chi connectivity index (χ1n) is 5.88. The molecule has 0 aliphatic rings. The van der Waals surface area contributed by atoms with Crippen molar-refractivity contribution in [1.82, 2.24) is 4.98 Å². The third-order valence-corrected chi connectivity index (χ3v) is 2.83. The fraction of sp³-hybridized carbons (Fsp3) is 0.214. The molecule has 0 amide bonds. The Morgan fingerprint density at radius 1 is 1.28 bits per heavy atom. The van der Waals surface area contributed by atoms with Gasteiger partial charge in [0, 0.05) is 25.5 Å². The van der Waals surface area contributed by atoms with Crippen molar-refractivity contribution in [3.63, 3.8) is 0 Å². The number of hydrogen-bond acceptors (Lipinski definition) is 4. The minimum atomic E-state index is 0.685. The molecular formula is C14H18N4. The summed E-state index contributed by atoms with van der Waals surface area (Å²) in [5.41, 5.74) is 6.19. The molecule has 0 aliphatic heterocycles. The van der Waals surface area contributed by atoms with Crippen molar-refractivity contribution in [2.45, 2.75) is 13.5 Å². The topological polar surface area (TPSA) is 54.2 Å². The van der Waals surface area contributed by atoms with Crippen molar-refractivity contribution in [2.24, 2.45) is 5.84 Å². The third-order valence-electron chi connectivity index (χ3n) is 2.83. The SMILES string of the molecule is Cc1cccc(N(C)Cc2ccnc(NN)c2)c1. The molecule has 1 heterocycles. The number of hydrogen-bond donors (Lipinski definition) is 2. The van der Waals surface area contributed by atoms with Crippen molar-refractivity contribution >= 4 is 11.5 Å². The predicted octanol–water partition coefficient (Wildman–Crippen LogP) is 2.31. The Kier molecular flexibility index (Phi) is 3.79. The summed E-state index contributed by atoms with van der Waals surface area (Å²) in [6, 6.07) is 12.4. The van der Waals surface area contributed by atoms with E-state index >= 15 is 0 Å². The molecule has 0 unspecified atom stereocenters. The van der Waals surface area contributed by atoms with E-state index in [1.807, 2.05) is 12.1 Å². The summed E-state index contributed by atoms with van der Waals surface area (Å²) >= 11 is 0. The molecule has 0 saturated heterocycles. The molecule has 2 rings (SSSR count). The lowest BCUT2D eigenvalue weighted by molar-refractivity contribution is 0.918. The number of aromatic nitrogens is 1. The highest BCUT2D eigenvalue weighted by Gasteiger charge is 2.03. The summed E-state index contributed by atoms with van der Waals surface area (Å²) in [6.07, 6.45) is 1.76. The number of pyridine rings is 1. The van der Waals surface area contributed by atoms with E-state index in [1.54, 1.807) is 6.20 Å². The molecule has 1 aromatic carbocycles. The molecule has 0 spiro atoms. The number of anilines is 2. The van der Waals surface area contributed by atoms with Crippen LogP contribution in [0, 0.1) is 6.92 Å². The molecule has 2 aromatic rings. The van der Waals surface area contributed by atoms with Gasteiger partial charge >= 0.3 is 0 Å². The molecule has 0 radical (unpaired) electrons. The van der Waals surface area contributed by atoms with E-state index in [0.717, 1.165) is 6.54 Å². The van der Waals surface area contributed by atoms with Crippen LogP contribution in [-0.2, 0) is 6.54 Å². The number of rotatable bonds is 4. The molecule has 18 heavy (non-hydrogen) atoms. The summed E-state index contributed by atoms with van der Waals surface area (Å²) in [5, 5.41) is 0. The van der Waals surface area contributed by atoms with Crippen LogP contribution in [0.1, 0.15) is 11.1 Å². The summed E-state index contributed by atoms with van der Waals surface area (Å²) in [7, 11) is 2.07. The van der Waals surface area contributed by atoms with E-state index < -0.39 is 0 Å². The number of nitrogens with one attached hydrogen (secondary N) is 1. The van der Waals surface area contributed by atoms with E-state index in [0.29, 0.717) is 5.82 Å². The maximum absolute atomic E-state index is 5.35. The van der Waals surface area contributed by atoms with Crippen LogP contribution in [0.5, 0.6) is 0 Å². The van der Waals surface area contributed by atoms with Gasteiger partial charge in [0.1, 0.15) is 5.82 Å². The first-order chi connectivity index (χ1) is 8.69. The summed E-state index contributed by atoms with van der Waals surface area (Å²) in [5.74, 6) is 6.04. The Balaban J connectivity index is 2.13. The second kappa shape index (κ2) is 5.51. The Labute approximate surface area is 107 Å². The normalized spacial score (nSPS) is 10.2. The number of aryl methyl sites for hydroxylation is 1. The van der Waals surface area contributed by atoms with Crippen LogP contribution in [0.2, 0.25) is 0 Å². The number of benzene rings is 1. The maximum Gasteiger partial charge on any atom is 0.140 e. The standard InChI is InChI=1S/C14H18N4/c1-11-4-3-5-13(8-11)18(2)10-12-6-7-16-14(9-12)17-15/h3-9H,10,15H2,1-2H3,(H,16,17). The molecule has 1 aromatic heterocycles. The smallest absolute Gasteiger partial charge is 0.140 e. The van der Waals surface area contributed by atoms with Gasteiger partial charge < -0.3 is 10.3 Å². The van der Waals surface area contributed by atoms with Crippen LogP contribution in [-0.4, -0.2) is 12.0 Å². The van der Waals surface area contributed by atoms with Gasteiger partial charge in [0.25, 0.3) is 0 Å². The van der Waals surface area contributed by atoms with Gasteiger partial charge in [0.2, 0.25) is 0 Å². The molecule has 0 atom stereocenters. The van der Waals surface area contributed by atoms with Gasteiger partial charge in [-0.15, -0.1) is 0 Å². The van der Waals surface area contributed by atoms with Gasteiger partial charge in [-0.3, -0.25) is 0 Å². The molecule has 4 nitrogen and oxygen atoms in total. The third kappa shape index (κ3) is 2.99. The van der Waals surface area contributed by atoms with Crippen molar-refractivity contribution in [1.29, 1.82) is 0 Å². The zero-order chi connectivity index (χ0) is 13.0. The highest BCUT2D eigenvalue weighted by atomic mass is 15.2. The van der Waals surface area contributed by atoms with E-state index in [-0.39, 0.29) is 0 Å². The molecule has 0 fully saturated rings. The lowest BCUT2D eigenvalue weighted by Gasteiger charge is -2.20. The van der Waals surface area contributed by atoms with Crippen molar-refractivity contribution in [3.05, 3.63) is 53.7 Å². The molecule has 94 valence electrons. The van der Waals surface area contributed by atoms with Crippen molar-refractivity contribution < 1.29 is 0 Å². The number of hydrazine groups is 1. The zero-order valence-corrected chi connectivity index (χ0v) is 10.7. The monoisotopic (exact) mass is 242 g/mol.